The summed E-state index contributed by atoms with van der Waals surface area (Å²) in [5.41, 5.74) is 1.51. The van der Waals surface area contributed by atoms with E-state index in [1.807, 2.05) is 0 Å². The molecule has 0 aliphatic carbocycles. The molecule has 122 valence electrons. The first-order valence-corrected chi connectivity index (χ1v) is 7.56. The average molecular weight is 346 g/mol. The smallest absolute Gasteiger partial charge is 0.249 e. The number of nitrogens with one attached hydrogen (secondary N) is 2. The van der Waals surface area contributed by atoms with E-state index in [0.29, 0.717) is 17.8 Å². The zero-order valence-electron chi connectivity index (χ0n) is 12.5. The minimum absolute atomic E-state index is 0.0626. The summed E-state index contributed by atoms with van der Waals surface area (Å²) < 4.78 is 13.4. The van der Waals surface area contributed by atoms with Crippen LogP contribution < -0.4 is 5.32 Å². The highest BCUT2D eigenvalue weighted by molar-refractivity contribution is 6.30. The predicted molar refractivity (Wildman–Crippen MR) is 88.0 cm³/mol. The molecule has 2 N–H and O–H groups in total. The number of nitrogens with zero attached hydrogens (tertiary/aromatic N) is 3. The van der Waals surface area contributed by atoms with Crippen LogP contribution in [0.3, 0.4) is 0 Å². The van der Waals surface area contributed by atoms with Crippen molar-refractivity contribution in [1.82, 2.24) is 20.2 Å². The van der Waals surface area contributed by atoms with Crippen molar-refractivity contribution in [3.63, 3.8) is 0 Å². The zero-order chi connectivity index (χ0) is 16.9. The molecule has 3 rings (SSSR count). The van der Waals surface area contributed by atoms with Crippen molar-refractivity contribution in [2.75, 3.05) is 5.32 Å². The quantitative estimate of drug-likeness (QED) is 0.743. The lowest BCUT2D eigenvalue weighted by Crippen LogP contribution is -2.13. The molecule has 0 unspecified atom stereocenters. The van der Waals surface area contributed by atoms with Gasteiger partial charge in [-0.25, -0.2) is 4.39 Å². The van der Waals surface area contributed by atoms with E-state index >= 15 is 0 Å². The van der Waals surface area contributed by atoms with Gasteiger partial charge in [-0.2, -0.15) is 4.98 Å². The summed E-state index contributed by atoms with van der Waals surface area (Å²) in [4.78, 5) is 20.1. The molecule has 6 nitrogen and oxygen atoms in total. The lowest BCUT2D eigenvalue weighted by Gasteiger charge is -2.03. The van der Waals surface area contributed by atoms with E-state index < -0.39 is 5.82 Å². The van der Waals surface area contributed by atoms with Crippen LogP contribution in [-0.4, -0.2) is 26.1 Å². The summed E-state index contributed by atoms with van der Waals surface area (Å²) in [5.74, 6) is -0.0299. The molecule has 0 atom stereocenters. The molecule has 1 amide bonds. The lowest BCUT2D eigenvalue weighted by molar-refractivity contribution is -0.116. The van der Waals surface area contributed by atoms with Crippen molar-refractivity contribution < 1.29 is 9.18 Å². The number of rotatable bonds is 5. The van der Waals surface area contributed by atoms with Crippen LogP contribution >= 0.6 is 11.6 Å². The van der Waals surface area contributed by atoms with Gasteiger partial charge in [0.2, 0.25) is 11.9 Å². The molecular formula is C16H13ClFN5O. The van der Waals surface area contributed by atoms with Gasteiger partial charge in [0.05, 0.1) is 5.02 Å². The molecule has 0 aliphatic heterocycles. The van der Waals surface area contributed by atoms with Gasteiger partial charge in [-0.1, -0.05) is 17.7 Å². The van der Waals surface area contributed by atoms with Gasteiger partial charge in [0, 0.05) is 24.4 Å². The summed E-state index contributed by atoms with van der Waals surface area (Å²) in [6.07, 6.45) is 3.85. The number of aromatic nitrogens is 4. The highest BCUT2D eigenvalue weighted by Crippen LogP contribution is 2.17. The van der Waals surface area contributed by atoms with Gasteiger partial charge in [0.1, 0.15) is 5.82 Å². The number of hydrogen-bond donors (Lipinski definition) is 2. The van der Waals surface area contributed by atoms with Crippen molar-refractivity contribution in [1.29, 1.82) is 0 Å². The van der Waals surface area contributed by atoms with Crippen molar-refractivity contribution in [2.24, 2.45) is 0 Å². The number of amides is 1. The maximum absolute atomic E-state index is 13.4. The molecule has 24 heavy (non-hydrogen) atoms. The summed E-state index contributed by atoms with van der Waals surface area (Å²) in [6, 6.07) is 8.04. The minimum Gasteiger partial charge on any atom is -0.293 e. The van der Waals surface area contributed by atoms with Gasteiger partial charge < -0.3 is 0 Å². The third kappa shape index (κ3) is 3.94. The molecule has 3 aromatic rings. The predicted octanol–water partition coefficient (Wildman–Crippen LogP) is 3.23. The van der Waals surface area contributed by atoms with Crippen LogP contribution in [0.5, 0.6) is 0 Å². The highest BCUT2D eigenvalue weighted by atomic mass is 35.5. The number of anilines is 1. The third-order valence-corrected chi connectivity index (χ3v) is 3.62. The molecule has 0 bridgehead atoms. The van der Waals surface area contributed by atoms with E-state index in [-0.39, 0.29) is 23.3 Å². The molecule has 0 fully saturated rings. The van der Waals surface area contributed by atoms with Gasteiger partial charge in [0.15, 0.2) is 5.82 Å². The maximum Gasteiger partial charge on any atom is 0.249 e. The van der Waals surface area contributed by atoms with Crippen LogP contribution in [0.25, 0.3) is 11.4 Å². The van der Waals surface area contributed by atoms with Crippen LogP contribution in [0.15, 0.2) is 42.7 Å². The average Bonchev–Trinajstić information content (AvgIpc) is 3.05. The van der Waals surface area contributed by atoms with E-state index in [1.54, 1.807) is 30.6 Å². The molecular weight excluding hydrogens is 333 g/mol. The fourth-order valence-corrected chi connectivity index (χ4v) is 2.21. The van der Waals surface area contributed by atoms with Crippen molar-refractivity contribution in [2.45, 2.75) is 12.8 Å². The summed E-state index contributed by atoms with van der Waals surface area (Å²) >= 11 is 5.63. The molecule has 0 saturated heterocycles. The summed E-state index contributed by atoms with van der Waals surface area (Å²) in [6.45, 7) is 0. The van der Waals surface area contributed by atoms with Gasteiger partial charge in [-0.3, -0.25) is 20.2 Å². The Balaban J connectivity index is 1.57. The van der Waals surface area contributed by atoms with Crippen molar-refractivity contribution in [3.05, 3.63) is 59.1 Å². The molecule has 0 saturated carbocycles. The van der Waals surface area contributed by atoms with E-state index in [4.69, 9.17) is 11.6 Å². The second-order valence-corrected chi connectivity index (χ2v) is 5.45. The van der Waals surface area contributed by atoms with Crippen LogP contribution in [0.2, 0.25) is 5.02 Å². The van der Waals surface area contributed by atoms with Crippen molar-refractivity contribution >= 4 is 23.5 Å². The van der Waals surface area contributed by atoms with E-state index in [9.17, 15) is 9.18 Å². The molecule has 8 heteroatoms. The standard InChI is InChI=1S/C16H13ClFN5O/c17-12-3-1-10(9-13(12)18)2-4-14(24)20-16-21-15(22-23-16)11-5-7-19-8-6-11/h1,3,5-9H,2,4H2,(H2,20,21,22,23,24). The number of halogens is 2. The first-order valence-electron chi connectivity index (χ1n) is 7.18. The number of hydrogen-bond acceptors (Lipinski definition) is 4. The Bertz CT molecular complexity index is 853. The summed E-state index contributed by atoms with van der Waals surface area (Å²) in [7, 11) is 0. The Kier molecular flexibility index (Phi) is 4.81. The van der Waals surface area contributed by atoms with Gasteiger partial charge in [0.25, 0.3) is 0 Å². The molecule has 0 spiro atoms. The first-order chi connectivity index (χ1) is 11.6. The second kappa shape index (κ2) is 7.18. The number of carbonyl (C=O) groups excluding carboxylic acids is 1. The number of H-pyrrole nitrogens is 1. The summed E-state index contributed by atoms with van der Waals surface area (Å²) in [5, 5.41) is 9.36. The Morgan fingerprint density at radius 3 is 2.79 bits per heavy atom. The van der Waals surface area contributed by atoms with Crippen LogP contribution in [0, 0.1) is 5.82 Å². The Morgan fingerprint density at radius 1 is 1.25 bits per heavy atom. The molecule has 2 aromatic heterocycles. The number of aryl methyl sites for hydroxylation is 1. The normalized spacial score (nSPS) is 10.6. The van der Waals surface area contributed by atoms with Crippen molar-refractivity contribution in [3.8, 4) is 11.4 Å². The number of aromatic amines is 1. The SMILES string of the molecule is O=C(CCc1ccc(Cl)c(F)c1)Nc1n[nH]c(-c2ccncc2)n1. The Morgan fingerprint density at radius 2 is 2.04 bits per heavy atom. The Labute approximate surface area is 142 Å². The molecule has 0 radical (unpaired) electrons. The van der Waals surface area contributed by atoms with Gasteiger partial charge >= 0.3 is 0 Å². The molecule has 1 aromatic carbocycles. The van der Waals surface area contributed by atoms with Crippen LogP contribution in [-0.2, 0) is 11.2 Å². The fourth-order valence-electron chi connectivity index (χ4n) is 2.10. The monoisotopic (exact) mass is 345 g/mol. The third-order valence-electron chi connectivity index (χ3n) is 3.32. The topological polar surface area (TPSA) is 83.6 Å². The second-order valence-electron chi connectivity index (χ2n) is 5.04. The largest absolute Gasteiger partial charge is 0.293 e. The van der Waals surface area contributed by atoms with E-state index in [2.05, 4.69) is 25.5 Å². The highest BCUT2D eigenvalue weighted by Gasteiger charge is 2.10. The zero-order valence-corrected chi connectivity index (χ0v) is 13.2. The minimum atomic E-state index is -0.495. The number of benzene rings is 1. The first kappa shape index (κ1) is 16.1. The fraction of sp³-hybridized carbons (Fsp3) is 0.125. The number of carbonyl (C=O) groups is 1. The lowest BCUT2D eigenvalue weighted by atomic mass is 10.1. The van der Waals surface area contributed by atoms with Gasteiger partial charge in [-0.05, 0) is 36.2 Å². The Hall–Kier alpha value is -2.80. The van der Waals surface area contributed by atoms with Crippen LogP contribution in [0.1, 0.15) is 12.0 Å². The van der Waals surface area contributed by atoms with E-state index in [0.717, 1.165) is 5.56 Å². The maximum atomic E-state index is 13.4. The van der Waals surface area contributed by atoms with E-state index in [1.165, 1.54) is 12.1 Å². The molecule has 0 aliphatic rings. The number of pyridine rings is 1. The molecule has 2 heterocycles. The van der Waals surface area contributed by atoms with Gasteiger partial charge in [-0.15, -0.1) is 5.10 Å². The van der Waals surface area contributed by atoms with Crippen LogP contribution in [0.4, 0.5) is 10.3 Å².